The molecule has 0 aliphatic carbocycles. The molecule has 5 nitrogen and oxygen atoms in total. The first kappa shape index (κ1) is 15.1. The molecule has 0 saturated carbocycles. The summed E-state index contributed by atoms with van der Waals surface area (Å²) >= 11 is 0. The van der Waals surface area contributed by atoms with Gasteiger partial charge in [-0.3, -0.25) is 0 Å². The molecule has 2 rings (SSSR count). The number of nitrogens with one attached hydrogen (secondary N) is 1. The highest BCUT2D eigenvalue weighted by molar-refractivity contribution is 7.89. The maximum atomic E-state index is 12.8. The molecule has 0 fully saturated rings. The summed E-state index contributed by atoms with van der Waals surface area (Å²) in [6, 6.07) is 10.3. The van der Waals surface area contributed by atoms with Crippen LogP contribution in [0.15, 0.2) is 59.5 Å². The van der Waals surface area contributed by atoms with Gasteiger partial charge < -0.3 is 9.90 Å². The fraction of sp³-hybridized carbons (Fsp3) is 0.0714. The van der Waals surface area contributed by atoms with Gasteiger partial charge in [0.25, 0.3) is 0 Å². The number of carboxylic acid groups (broad SMARTS) is 1. The van der Waals surface area contributed by atoms with E-state index in [0.717, 1.165) is 24.3 Å². The molecule has 2 aromatic rings. The van der Waals surface area contributed by atoms with E-state index in [2.05, 4.69) is 0 Å². The second kappa shape index (κ2) is 6.02. The smallest absolute Gasteiger partial charge is 0.241 e. The second-order valence-corrected chi connectivity index (χ2v) is 5.95. The normalized spacial score (nSPS) is 12.8. The number of carbonyl (C=O) groups excluding carboxylic acids is 1. The number of sulfonamides is 1. The number of halogens is 1. The van der Waals surface area contributed by atoms with Crippen molar-refractivity contribution in [2.45, 2.75) is 10.9 Å². The topological polar surface area (TPSA) is 86.3 Å². The van der Waals surface area contributed by atoms with Crippen LogP contribution in [0.5, 0.6) is 0 Å². The van der Waals surface area contributed by atoms with Crippen LogP contribution in [0.2, 0.25) is 0 Å². The number of carbonyl (C=O) groups is 1. The number of rotatable bonds is 5. The lowest BCUT2D eigenvalue weighted by Crippen LogP contribution is -2.41. The number of carboxylic acids is 1. The predicted octanol–water partition coefficient (Wildman–Crippen LogP) is 0.595. The Kier molecular flexibility index (Phi) is 4.35. The molecule has 0 amide bonds. The van der Waals surface area contributed by atoms with Gasteiger partial charge in [0.05, 0.1) is 16.9 Å². The van der Waals surface area contributed by atoms with Crippen LogP contribution in [0, 0.1) is 5.82 Å². The van der Waals surface area contributed by atoms with Crippen LogP contribution in [-0.4, -0.2) is 14.4 Å². The van der Waals surface area contributed by atoms with E-state index in [1.807, 2.05) is 4.72 Å². The Labute approximate surface area is 121 Å². The van der Waals surface area contributed by atoms with Crippen molar-refractivity contribution in [1.29, 1.82) is 0 Å². The molecule has 7 heteroatoms. The van der Waals surface area contributed by atoms with Gasteiger partial charge in [0.1, 0.15) is 5.82 Å². The molecule has 1 unspecified atom stereocenters. The standard InChI is InChI=1S/C14H12FNO4S/c15-11-6-8-12(9-7-11)21(19,20)16-13(14(17)18)10-4-2-1-3-5-10/h1-9,13,16H,(H,17,18)/p-1. The average Bonchev–Trinajstić information content (AvgIpc) is 2.46. The van der Waals surface area contributed by atoms with Crippen molar-refractivity contribution in [3.8, 4) is 0 Å². The molecule has 2 aromatic carbocycles. The minimum absolute atomic E-state index is 0.230. The van der Waals surface area contributed by atoms with Gasteiger partial charge in [-0.1, -0.05) is 30.3 Å². The number of hydrogen-bond acceptors (Lipinski definition) is 4. The third-order valence-corrected chi connectivity index (χ3v) is 4.20. The Morgan fingerprint density at radius 2 is 1.62 bits per heavy atom. The van der Waals surface area contributed by atoms with Gasteiger partial charge in [0.2, 0.25) is 10.0 Å². The molecule has 1 N–H and O–H groups in total. The fourth-order valence-electron chi connectivity index (χ4n) is 1.73. The highest BCUT2D eigenvalue weighted by Crippen LogP contribution is 2.17. The fourth-order valence-corrected chi connectivity index (χ4v) is 2.91. The lowest BCUT2D eigenvalue weighted by molar-refractivity contribution is -0.308. The van der Waals surface area contributed by atoms with Crippen molar-refractivity contribution in [2.75, 3.05) is 0 Å². The van der Waals surface area contributed by atoms with E-state index in [1.54, 1.807) is 18.2 Å². The van der Waals surface area contributed by atoms with E-state index >= 15 is 0 Å². The monoisotopic (exact) mass is 308 g/mol. The summed E-state index contributed by atoms with van der Waals surface area (Å²) < 4.78 is 39.1. The third-order valence-electron chi connectivity index (χ3n) is 2.77. The molecule has 21 heavy (non-hydrogen) atoms. The summed E-state index contributed by atoms with van der Waals surface area (Å²) in [6.07, 6.45) is 0. The van der Waals surface area contributed by atoms with Crippen molar-refractivity contribution >= 4 is 16.0 Å². The molecule has 0 aliphatic heterocycles. The zero-order valence-electron chi connectivity index (χ0n) is 10.7. The van der Waals surface area contributed by atoms with Crippen molar-refractivity contribution in [3.63, 3.8) is 0 Å². The lowest BCUT2D eigenvalue weighted by Gasteiger charge is -2.20. The minimum atomic E-state index is -4.11. The van der Waals surface area contributed by atoms with Crippen LogP contribution < -0.4 is 9.83 Å². The SMILES string of the molecule is O=C([O-])C(NS(=O)(=O)c1ccc(F)cc1)c1ccccc1. The van der Waals surface area contributed by atoms with Crippen LogP contribution in [0.1, 0.15) is 11.6 Å². The Morgan fingerprint density at radius 1 is 1.05 bits per heavy atom. The van der Waals surface area contributed by atoms with Crippen molar-refractivity contribution in [3.05, 3.63) is 66.0 Å². The van der Waals surface area contributed by atoms with E-state index < -0.39 is 27.9 Å². The Balaban J connectivity index is 2.32. The zero-order chi connectivity index (χ0) is 15.5. The first-order valence-electron chi connectivity index (χ1n) is 5.94. The summed E-state index contributed by atoms with van der Waals surface area (Å²) in [4.78, 5) is 10.9. The molecule has 0 heterocycles. The Morgan fingerprint density at radius 3 is 2.14 bits per heavy atom. The van der Waals surface area contributed by atoms with E-state index in [1.165, 1.54) is 12.1 Å². The van der Waals surface area contributed by atoms with Gasteiger partial charge in [0.15, 0.2) is 0 Å². The summed E-state index contributed by atoms with van der Waals surface area (Å²) in [5, 5.41) is 11.2. The lowest BCUT2D eigenvalue weighted by atomic mass is 10.1. The molecule has 0 aromatic heterocycles. The molecular formula is C14H11FNO4S-. The predicted molar refractivity (Wildman–Crippen MR) is 70.9 cm³/mol. The third kappa shape index (κ3) is 3.65. The Bertz CT molecular complexity index is 729. The summed E-state index contributed by atoms with van der Waals surface area (Å²) in [6.45, 7) is 0. The van der Waals surface area contributed by atoms with Crippen LogP contribution in [0.25, 0.3) is 0 Å². The van der Waals surface area contributed by atoms with E-state index in [4.69, 9.17) is 0 Å². The van der Waals surface area contributed by atoms with Crippen LogP contribution in [0.3, 0.4) is 0 Å². The molecule has 0 radical (unpaired) electrons. The largest absolute Gasteiger partial charge is 0.548 e. The van der Waals surface area contributed by atoms with E-state index in [-0.39, 0.29) is 10.5 Å². The molecule has 0 aliphatic rings. The number of aliphatic carboxylic acids is 1. The molecular weight excluding hydrogens is 297 g/mol. The van der Waals surface area contributed by atoms with Gasteiger partial charge >= 0.3 is 0 Å². The van der Waals surface area contributed by atoms with Gasteiger partial charge in [-0.2, -0.15) is 4.72 Å². The first-order valence-corrected chi connectivity index (χ1v) is 7.42. The van der Waals surface area contributed by atoms with E-state index in [9.17, 15) is 22.7 Å². The summed E-state index contributed by atoms with van der Waals surface area (Å²) in [5.74, 6) is -2.17. The van der Waals surface area contributed by atoms with Gasteiger partial charge in [-0.15, -0.1) is 0 Å². The molecule has 110 valence electrons. The highest BCUT2D eigenvalue weighted by atomic mass is 32.2. The van der Waals surface area contributed by atoms with Crippen molar-refractivity contribution < 1.29 is 22.7 Å². The molecule has 0 bridgehead atoms. The van der Waals surface area contributed by atoms with Gasteiger partial charge in [-0.25, -0.2) is 12.8 Å². The van der Waals surface area contributed by atoms with Crippen LogP contribution in [-0.2, 0) is 14.8 Å². The van der Waals surface area contributed by atoms with E-state index in [0.29, 0.717) is 0 Å². The van der Waals surface area contributed by atoms with Crippen LogP contribution in [0.4, 0.5) is 4.39 Å². The second-order valence-electron chi connectivity index (χ2n) is 4.24. The van der Waals surface area contributed by atoms with Gasteiger partial charge in [-0.05, 0) is 29.8 Å². The average molecular weight is 308 g/mol. The van der Waals surface area contributed by atoms with Crippen molar-refractivity contribution in [2.24, 2.45) is 0 Å². The molecule has 0 spiro atoms. The number of hydrogen-bond donors (Lipinski definition) is 1. The molecule has 1 atom stereocenters. The summed E-state index contributed by atoms with van der Waals surface area (Å²) in [7, 11) is -4.11. The summed E-state index contributed by atoms with van der Waals surface area (Å²) in [5.41, 5.74) is 0.239. The zero-order valence-corrected chi connectivity index (χ0v) is 11.5. The minimum Gasteiger partial charge on any atom is -0.548 e. The van der Waals surface area contributed by atoms with Crippen molar-refractivity contribution in [1.82, 2.24) is 4.72 Å². The Hall–Kier alpha value is -2.25. The maximum absolute atomic E-state index is 12.8. The first-order chi connectivity index (χ1) is 9.90. The quantitative estimate of drug-likeness (QED) is 0.876. The van der Waals surface area contributed by atoms with Gasteiger partial charge in [0, 0.05) is 0 Å². The highest BCUT2D eigenvalue weighted by Gasteiger charge is 2.22. The van der Waals surface area contributed by atoms with Crippen LogP contribution >= 0.6 is 0 Å². The number of benzene rings is 2. The maximum Gasteiger partial charge on any atom is 0.241 e. The molecule has 0 saturated heterocycles.